The Hall–Kier alpha value is -2.96. The Bertz CT molecular complexity index is 897. The Kier molecular flexibility index (Phi) is 3.83. The summed E-state index contributed by atoms with van der Waals surface area (Å²) >= 11 is 0. The van der Waals surface area contributed by atoms with Crippen LogP contribution in [0, 0.1) is 6.92 Å². The number of hydrogen-bond acceptors (Lipinski definition) is 4. The molecule has 128 valence electrons. The van der Waals surface area contributed by atoms with E-state index in [1.807, 2.05) is 30.3 Å². The van der Waals surface area contributed by atoms with E-state index in [1.54, 1.807) is 29.4 Å². The van der Waals surface area contributed by atoms with Gasteiger partial charge in [-0.15, -0.1) is 0 Å². The fraction of sp³-hybridized carbons (Fsp3) is 0.333. The van der Waals surface area contributed by atoms with Gasteiger partial charge in [0.1, 0.15) is 5.82 Å². The monoisotopic (exact) mass is 336 g/mol. The van der Waals surface area contributed by atoms with Gasteiger partial charge in [0, 0.05) is 62.4 Å². The van der Waals surface area contributed by atoms with Crippen molar-refractivity contribution in [1.29, 1.82) is 0 Å². The summed E-state index contributed by atoms with van der Waals surface area (Å²) in [5.41, 5.74) is 2.14. The summed E-state index contributed by atoms with van der Waals surface area (Å²) < 4.78 is 4.00. The highest BCUT2D eigenvalue weighted by molar-refractivity contribution is 5.91. The van der Waals surface area contributed by atoms with E-state index in [0.29, 0.717) is 12.4 Å². The normalized spacial score (nSPS) is 17.2. The molecule has 1 amide bonds. The van der Waals surface area contributed by atoms with Gasteiger partial charge < -0.3 is 14.0 Å². The molecule has 1 atom stereocenters. The Labute approximate surface area is 146 Å². The highest BCUT2D eigenvalue weighted by Gasteiger charge is 2.31. The smallest absolute Gasteiger partial charge is 0.289 e. The fourth-order valence-corrected chi connectivity index (χ4v) is 3.47. The third kappa shape index (κ3) is 2.71. The predicted octanol–water partition coefficient (Wildman–Crippen LogP) is 2.07. The van der Waals surface area contributed by atoms with E-state index >= 15 is 0 Å². The third-order valence-corrected chi connectivity index (χ3v) is 4.75. The summed E-state index contributed by atoms with van der Waals surface area (Å²) in [5, 5.41) is 0. The van der Waals surface area contributed by atoms with E-state index in [0.717, 1.165) is 30.0 Å². The molecule has 4 rings (SSSR count). The quantitative estimate of drug-likeness (QED) is 0.734. The molecule has 1 fully saturated rings. The second-order valence-electron chi connectivity index (χ2n) is 6.38. The lowest BCUT2D eigenvalue weighted by Gasteiger charge is -2.19. The van der Waals surface area contributed by atoms with E-state index in [9.17, 15) is 4.79 Å². The largest absolute Gasteiger partial charge is 0.334 e. The molecular formula is C18H20N6O. The first kappa shape index (κ1) is 15.6. The Morgan fingerprint density at radius 2 is 2.00 bits per heavy atom. The number of hydrogen-bond donors (Lipinski definition) is 0. The second-order valence-corrected chi connectivity index (χ2v) is 6.38. The van der Waals surface area contributed by atoms with Gasteiger partial charge in [-0.05, 0) is 25.5 Å². The van der Waals surface area contributed by atoms with Crippen molar-refractivity contribution in [3.63, 3.8) is 0 Å². The van der Waals surface area contributed by atoms with Gasteiger partial charge >= 0.3 is 0 Å². The molecule has 0 aromatic carbocycles. The Morgan fingerprint density at radius 1 is 1.20 bits per heavy atom. The van der Waals surface area contributed by atoms with Crippen LogP contribution >= 0.6 is 0 Å². The third-order valence-electron chi connectivity index (χ3n) is 4.75. The van der Waals surface area contributed by atoms with Crippen molar-refractivity contribution in [3.8, 4) is 11.4 Å². The average Bonchev–Trinajstić information content (AvgIpc) is 3.34. The number of carbonyl (C=O) groups is 1. The number of aryl methyl sites for hydroxylation is 2. The van der Waals surface area contributed by atoms with Gasteiger partial charge in [0.25, 0.3) is 5.91 Å². The maximum absolute atomic E-state index is 12.7. The van der Waals surface area contributed by atoms with Crippen molar-refractivity contribution in [3.05, 3.63) is 54.6 Å². The molecule has 0 radical (unpaired) electrons. The van der Waals surface area contributed by atoms with Crippen LogP contribution in [0.5, 0.6) is 0 Å². The molecule has 0 aliphatic carbocycles. The number of imidazole rings is 2. The van der Waals surface area contributed by atoms with Gasteiger partial charge in [-0.3, -0.25) is 9.78 Å². The van der Waals surface area contributed by atoms with Gasteiger partial charge in [0.15, 0.2) is 5.82 Å². The minimum atomic E-state index is -0.0155. The molecular weight excluding hydrogens is 316 g/mol. The van der Waals surface area contributed by atoms with Crippen molar-refractivity contribution in [1.82, 2.24) is 29.0 Å². The standard InChI is InChI=1S/C18H20N6O/c1-13-11-21-16(14-3-6-19-7-4-14)24(13)15-5-9-23(12-15)18(25)17-20-8-10-22(17)2/h3-4,6-8,10-11,15H,5,9,12H2,1-2H3. The van der Waals surface area contributed by atoms with E-state index in [4.69, 9.17) is 0 Å². The van der Waals surface area contributed by atoms with Gasteiger partial charge in [0.2, 0.25) is 0 Å². The van der Waals surface area contributed by atoms with Crippen LogP contribution in [-0.4, -0.2) is 48.0 Å². The highest BCUT2D eigenvalue weighted by Crippen LogP contribution is 2.29. The number of amides is 1. The van der Waals surface area contributed by atoms with Gasteiger partial charge in [0.05, 0.1) is 6.04 Å². The second kappa shape index (κ2) is 6.16. The fourth-order valence-electron chi connectivity index (χ4n) is 3.47. The van der Waals surface area contributed by atoms with E-state index in [1.165, 1.54) is 0 Å². The van der Waals surface area contributed by atoms with E-state index in [-0.39, 0.29) is 11.9 Å². The SMILES string of the molecule is Cc1cnc(-c2ccncc2)n1C1CCN(C(=O)c2nccn2C)C1. The Morgan fingerprint density at radius 3 is 2.72 bits per heavy atom. The molecule has 0 saturated carbocycles. The van der Waals surface area contributed by atoms with Crippen molar-refractivity contribution in [2.75, 3.05) is 13.1 Å². The molecule has 7 nitrogen and oxygen atoms in total. The average molecular weight is 336 g/mol. The molecule has 1 saturated heterocycles. The first-order chi connectivity index (χ1) is 12.1. The first-order valence-corrected chi connectivity index (χ1v) is 8.36. The summed E-state index contributed by atoms with van der Waals surface area (Å²) in [6.07, 6.45) is 9.79. The zero-order valence-electron chi connectivity index (χ0n) is 14.3. The summed E-state index contributed by atoms with van der Waals surface area (Å²) in [6, 6.07) is 4.14. The minimum absolute atomic E-state index is 0.0155. The molecule has 3 aromatic heterocycles. The van der Waals surface area contributed by atoms with Crippen molar-refractivity contribution in [2.45, 2.75) is 19.4 Å². The molecule has 0 N–H and O–H groups in total. The molecule has 3 aromatic rings. The van der Waals surface area contributed by atoms with Crippen molar-refractivity contribution >= 4 is 5.91 Å². The van der Waals surface area contributed by atoms with Crippen LogP contribution in [-0.2, 0) is 7.05 Å². The van der Waals surface area contributed by atoms with Crippen LogP contribution in [0.3, 0.4) is 0 Å². The number of likely N-dealkylation sites (tertiary alicyclic amines) is 1. The zero-order chi connectivity index (χ0) is 17.4. The lowest BCUT2D eigenvalue weighted by Crippen LogP contribution is -2.31. The van der Waals surface area contributed by atoms with Crippen LogP contribution in [0.2, 0.25) is 0 Å². The lowest BCUT2D eigenvalue weighted by molar-refractivity contribution is 0.0772. The topological polar surface area (TPSA) is 68.8 Å². The number of carbonyl (C=O) groups excluding carboxylic acids is 1. The molecule has 1 unspecified atom stereocenters. The molecule has 7 heteroatoms. The molecule has 0 bridgehead atoms. The Balaban J connectivity index is 1.60. The number of pyridine rings is 1. The zero-order valence-corrected chi connectivity index (χ0v) is 14.3. The predicted molar refractivity (Wildman–Crippen MR) is 93.0 cm³/mol. The van der Waals surface area contributed by atoms with Crippen molar-refractivity contribution < 1.29 is 4.79 Å². The van der Waals surface area contributed by atoms with Crippen LogP contribution in [0.15, 0.2) is 43.1 Å². The molecule has 1 aliphatic rings. The van der Waals surface area contributed by atoms with Crippen LogP contribution in [0.4, 0.5) is 0 Å². The molecule has 0 spiro atoms. The van der Waals surface area contributed by atoms with Crippen LogP contribution in [0.1, 0.15) is 28.8 Å². The lowest BCUT2D eigenvalue weighted by atomic mass is 10.2. The maximum Gasteiger partial charge on any atom is 0.289 e. The molecule has 25 heavy (non-hydrogen) atoms. The minimum Gasteiger partial charge on any atom is -0.334 e. The molecule has 1 aliphatic heterocycles. The summed E-state index contributed by atoms with van der Waals surface area (Å²) in [7, 11) is 1.84. The number of rotatable bonds is 3. The van der Waals surface area contributed by atoms with Crippen LogP contribution in [0.25, 0.3) is 11.4 Å². The van der Waals surface area contributed by atoms with E-state index in [2.05, 4.69) is 26.4 Å². The van der Waals surface area contributed by atoms with Crippen LogP contribution < -0.4 is 0 Å². The summed E-state index contributed by atoms with van der Waals surface area (Å²) in [6.45, 7) is 3.45. The van der Waals surface area contributed by atoms with Gasteiger partial charge in [-0.25, -0.2) is 9.97 Å². The highest BCUT2D eigenvalue weighted by atomic mass is 16.2. The number of aromatic nitrogens is 5. The van der Waals surface area contributed by atoms with Gasteiger partial charge in [-0.2, -0.15) is 0 Å². The summed E-state index contributed by atoms with van der Waals surface area (Å²) in [5.74, 6) is 1.40. The first-order valence-electron chi connectivity index (χ1n) is 8.36. The van der Waals surface area contributed by atoms with Gasteiger partial charge in [-0.1, -0.05) is 0 Å². The maximum atomic E-state index is 12.7. The number of nitrogens with zero attached hydrogens (tertiary/aromatic N) is 6. The summed E-state index contributed by atoms with van der Waals surface area (Å²) in [4.78, 5) is 27.4. The van der Waals surface area contributed by atoms with E-state index < -0.39 is 0 Å². The van der Waals surface area contributed by atoms with Crippen molar-refractivity contribution in [2.24, 2.45) is 7.05 Å². The molecule has 4 heterocycles.